The first kappa shape index (κ1) is 13.0. The molecule has 1 aromatic carbocycles. The Hall–Kier alpha value is -1.40. The molecule has 1 heterocycles. The van der Waals surface area contributed by atoms with Crippen molar-refractivity contribution in [3.63, 3.8) is 0 Å². The molecule has 0 spiro atoms. The molecule has 6 heteroatoms. The first-order chi connectivity index (χ1) is 8.56. The van der Waals surface area contributed by atoms with Crippen LogP contribution in [0.3, 0.4) is 0 Å². The summed E-state index contributed by atoms with van der Waals surface area (Å²) < 4.78 is 0.941. The van der Waals surface area contributed by atoms with Gasteiger partial charge >= 0.3 is 5.97 Å². The summed E-state index contributed by atoms with van der Waals surface area (Å²) in [6.45, 7) is 0.556. The molecule has 1 atom stereocenters. The summed E-state index contributed by atoms with van der Waals surface area (Å²) in [6, 6.07) is 7.19. The van der Waals surface area contributed by atoms with Crippen molar-refractivity contribution < 1.29 is 14.7 Å². The van der Waals surface area contributed by atoms with Crippen molar-refractivity contribution in [3.05, 3.63) is 28.7 Å². The summed E-state index contributed by atoms with van der Waals surface area (Å²) in [5, 5.41) is 11.7. The number of nitrogens with one attached hydrogen (secondary N) is 1. The van der Waals surface area contributed by atoms with E-state index in [1.54, 1.807) is 4.90 Å². The van der Waals surface area contributed by atoms with E-state index in [0.717, 1.165) is 10.2 Å². The van der Waals surface area contributed by atoms with Gasteiger partial charge in [0.1, 0.15) is 0 Å². The van der Waals surface area contributed by atoms with Gasteiger partial charge in [0.15, 0.2) is 0 Å². The zero-order chi connectivity index (χ0) is 13.1. The minimum Gasteiger partial charge on any atom is -0.481 e. The number of rotatable bonds is 3. The van der Waals surface area contributed by atoms with Gasteiger partial charge in [-0.3, -0.25) is 9.59 Å². The van der Waals surface area contributed by atoms with Crippen LogP contribution in [0, 0.1) is 0 Å². The van der Waals surface area contributed by atoms with Crippen LogP contribution in [-0.2, 0) is 9.59 Å². The highest BCUT2D eigenvalue weighted by molar-refractivity contribution is 9.10. The van der Waals surface area contributed by atoms with E-state index in [0.29, 0.717) is 6.54 Å². The number of nitrogens with zero attached hydrogens (tertiary/aromatic N) is 1. The highest BCUT2D eigenvalue weighted by atomic mass is 79.9. The predicted octanol–water partition coefficient (Wildman–Crippen LogP) is 1.23. The van der Waals surface area contributed by atoms with Crippen molar-refractivity contribution in [2.45, 2.75) is 12.5 Å². The van der Waals surface area contributed by atoms with E-state index >= 15 is 0 Å². The number of halogens is 1. The molecule has 0 bridgehead atoms. The number of benzene rings is 1. The van der Waals surface area contributed by atoms with Gasteiger partial charge in [0.2, 0.25) is 5.91 Å². The van der Waals surface area contributed by atoms with Gasteiger partial charge in [0, 0.05) is 22.7 Å². The van der Waals surface area contributed by atoms with Crippen LogP contribution >= 0.6 is 15.9 Å². The van der Waals surface area contributed by atoms with E-state index in [1.165, 1.54) is 0 Å². The third kappa shape index (κ3) is 3.08. The van der Waals surface area contributed by atoms with Crippen LogP contribution in [0.2, 0.25) is 0 Å². The zero-order valence-electron chi connectivity index (χ0n) is 9.60. The SMILES string of the molecule is O=C(O)CC1CN(c2ccc(Br)cc2)C(=O)CN1. The number of anilines is 1. The van der Waals surface area contributed by atoms with Crippen LogP contribution in [0.5, 0.6) is 0 Å². The Balaban J connectivity index is 2.12. The molecule has 2 N–H and O–H groups in total. The molecule has 1 amide bonds. The number of carboxylic acid groups (broad SMARTS) is 1. The Labute approximate surface area is 113 Å². The molecule has 1 aliphatic heterocycles. The van der Waals surface area contributed by atoms with Gasteiger partial charge in [-0.2, -0.15) is 0 Å². The van der Waals surface area contributed by atoms with Gasteiger partial charge in [-0.15, -0.1) is 0 Å². The number of carbonyl (C=O) groups is 2. The summed E-state index contributed by atoms with van der Waals surface area (Å²) in [7, 11) is 0. The second-order valence-electron chi connectivity index (χ2n) is 4.16. The van der Waals surface area contributed by atoms with Gasteiger partial charge in [-0.25, -0.2) is 0 Å². The Morgan fingerprint density at radius 2 is 2.11 bits per heavy atom. The van der Waals surface area contributed by atoms with Crippen molar-refractivity contribution in [2.24, 2.45) is 0 Å². The van der Waals surface area contributed by atoms with Gasteiger partial charge in [-0.1, -0.05) is 15.9 Å². The van der Waals surface area contributed by atoms with Crippen molar-refractivity contribution in [1.29, 1.82) is 0 Å². The van der Waals surface area contributed by atoms with E-state index in [1.807, 2.05) is 24.3 Å². The molecular formula is C12H13BrN2O3. The van der Waals surface area contributed by atoms with Crippen molar-refractivity contribution in [1.82, 2.24) is 5.32 Å². The monoisotopic (exact) mass is 312 g/mol. The minimum atomic E-state index is -0.863. The highest BCUT2D eigenvalue weighted by Crippen LogP contribution is 2.20. The average Bonchev–Trinajstić information content (AvgIpc) is 2.32. The number of hydrogen-bond acceptors (Lipinski definition) is 3. The summed E-state index contributed by atoms with van der Waals surface area (Å²) in [5.41, 5.74) is 0.792. The number of carbonyl (C=O) groups excluding carboxylic acids is 1. The van der Waals surface area contributed by atoms with Crippen LogP contribution in [0.4, 0.5) is 5.69 Å². The Kier molecular flexibility index (Phi) is 3.98. The second kappa shape index (κ2) is 5.49. The van der Waals surface area contributed by atoms with Crippen molar-refractivity contribution in [3.8, 4) is 0 Å². The largest absolute Gasteiger partial charge is 0.481 e. The lowest BCUT2D eigenvalue weighted by Gasteiger charge is -2.32. The molecule has 1 fully saturated rings. The number of piperazine rings is 1. The fourth-order valence-corrected chi connectivity index (χ4v) is 2.20. The molecule has 5 nitrogen and oxygen atoms in total. The van der Waals surface area contributed by atoms with E-state index in [2.05, 4.69) is 21.2 Å². The molecule has 2 rings (SSSR count). The summed E-state index contributed by atoms with van der Waals surface area (Å²) >= 11 is 3.34. The maximum atomic E-state index is 11.8. The lowest BCUT2D eigenvalue weighted by Crippen LogP contribution is -2.54. The molecule has 0 saturated carbocycles. The molecule has 1 aromatic rings. The van der Waals surface area contributed by atoms with Crippen molar-refractivity contribution in [2.75, 3.05) is 18.0 Å². The third-order valence-electron chi connectivity index (χ3n) is 2.81. The molecule has 1 saturated heterocycles. The van der Waals surface area contributed by atoms with Gasteiger partial charge in [0.25, 0.3) is 0 Å². The summed E-state index contributed by atoms with van der Waals surface area (Å²) in [6.07, 6.45) is 0.0142. The predicted molar refractivity (Wildman–Crippen MR) is 70.5 cm³/mol. The summed E-state index contributed by atoms with van der Waals surface area (Å²) in [5.74, 6) is -0.906. The Morgan fingerprint density at radius 1 is 1.44 bits per heavy atom. The first-order valence-electron chi connectivity index (χ1n) is 5.57. The molecule has 0 aromatic heterocycles. The van der Waals surface area contributed by atoms with Gasteiger partial charge in [0.05, 0.1) is 13.0 Å². The number of amides is 1. The maximum Gasteiger partial charge on any atom is 0.304 e. The highest BCUT2D eigenvalue weighted by Gasteiger charge is 2.27. The zero-order valence-corrected chi connectivity index (χ0v) is 11.2. The molecule has 0 radical (unpaired) electrons. The van der Waals surface area contributed by atoms with E-state index < -0.39 is 5.97 Å². The standard InChI is InChI=1S/C12H13BrN2O3/c13-8-1-3-10(4-2-8)15-7-9(5-12(17)18)14-6-11(15)16/h1-4,9,14H,5-7H2,(H,17,18). The normalized spacial score (nSPS) is 19.9. The molecule has 1 aliphatic rings. The second-order valence-corrected chi connectivity index (χ2v) is 5.07. The number of carboxylic acids is 1. The Bertz CT molecular complexity index is 461. The molecular weight excluding hydrogens is 300 g/mol. The van der Waals surface area contributed by atoms with Crippen LogP contribution in [0.1, 0.15) is 6.42 Å². The smallest absolute Gasteiger partial charge is 0.304 e. The molecule has 0 aliphatic carbocycles. The fraction of sp³-hybridized carbons (Fsp3) is 0.333. The van der Waals surface area contributed by atoms with Gasteiger partial charge < -0.3 is 15.3 Å². The van der Waals surface area contributed by atoms with Crippen LogP contribution < -0.4 is 10.2 Å². The van der Waals surface area contributed by atoms with Crippen LogP contribution in [-0.4, -0.2) is 36.1 Å². The molecule has 1 unspecified atom stereocenters. The van der Waals surface area contributed by atoms with Crippen LogP contribution in [0.15, 0.2) is 28.7 Å². The van der Waals surface area contributed by atoms with E-state index in [-0.39, 0.29) is 24.9 Å². The lowest BCUT2D eigenvalue weighted by molar-refractivity contribution is -0.138. The minimum absolute atomic E-state index is 0.0142. The third-order valence-corrected chi connectivity index (χ3v) is 3.33. The first-order valence-corrected chi connectivity index (χ1v) is 6.36. The quantitative estimate of drug-likeness (QED) is 0.880. The molecule has 18 heavy (non-hydrogen) atoms. The van der Waals surface area contributed by atoms with E-state index in [9.17, 15) is 9.59 Å². The van der Waals surface area contributed by atoms with E-state index in [4.69, 9.17) is 5.11 Å². The van der Waals surface area contributed by atoms with Crippen molar-refractivity contribution >= 4 is 33.5 Å². The molecule has 96 valence electrons. The topological polar surface area (TPSA) is 69.6 Å². The average molecular weight is 313 g/mol. The van der Waals surface area contributed by atoms with Gasteiger partial charge in [-0.05, 0) is 24.3 Å². The number of aliphatic carboxylic acids is 1. The number of hydrogen-bond donors (Lipinski definition) is 2. The maximum absolute atomic E-state index is 11.8. The Morgan fingerprint density at radius 3 is 2.72 bits per heavy atom. The lowest BCUT2D eigenvalue weighted by atomic mass is 10.1. The fourth-order valence-electron chi connectivity index (χ4n) is 1.93. The summed E-state index contributed by atoms with van der Waals surface area (Å²) in [4.78, 5) is 24.1. The van der Waals surface area contributed by atoms with Crippen LogP contribution in [0.25, 0.3) is 0 Å².